The summed E-state index contributed by atoms with van der Waals surface area (Å²) in [5.41, 5.74) is 2.74. The van der Waals surface area contributed by atoms with Gasteiger partial charge in [0.1, 0.15) is 0 Å². The van der Waals surface area contributed by atoms with Crippen LogP contribution in [0.25, 0.3) is 0 Å². The predicted octanol–water partition coefficient (Wildman–Crippen LogP) is 5.34. The summed E-state index contributed by atoms with van der Waals surface area (Å²) >= 11 is 0. The number of anilines is 1. The van der Waals surface area contributed by atoms with Gasteiger partial charge in [-0.15, -0.1) is 0 Å². The van der Waals surface area contributed by atoms with Crippen LogP contribution in [0, 0.1) is 5.92 Å². The monoisotopic (exact) mass is 505 g/mol. The summed E-state index contributed by atoms with van der Waals surface area (Å²) in [6, 6.07) is 9.09. The highest BCUT2D eigenvalue weighted by Crippen LogP contribution is 2.33. The first-order valence-corrected chi connectivity index (χ1v) is 15.2. The molecule has 1 amide bonds. The molecule has 1 aromatic rings. The second kappa shape index (κ2) is 12.6. The molecule has 2 aliphatic rings. The van der Waals surface area contributed by atoms with Crippen molar-refractivity contribution < 1.29 is 13.2 Å². The Labute approximate surface area is 213 Å². The molecular weight excluding hydrogens is 458 g/mol. The summed E-state index contributed by atoms with van der Waals surface area (Å²) in [5.74, 6) is 0.832. The summed E-state index contributed by atoms with van der Waals surface area (Å²) in [6.45, 7) is 9.85. The molecule has 7 heteroatoms. The fraction of sp³-hybridized carbons (Fsp3) is 0.750. The summed E-state index contributed by atoms with van der Waals surface area (Å²) in [6.07, 6.45) is 10.6. The Bertz CT molecular complexity index is 894. The molecule has 3 rings (SSSR count). The molecule has 2 fully saturated rings. The number of benzene rings is 1. The molecule has 0 heterocycles. The van der Waals surface area contributed by atoms with Crippen LogP contribution >= 0.6 is 0 Å². The van der Waals surface area contributed by atoms with E-state index in [1.54, 1.807) is 20.8 Å². The first-order chi connectivity index (χ1) is 16.6. The SMILES string of the molecule is CCN(CCCNC(=O)C1CCC(NS(=O)(=O)C(C)(C)C)CC1)c1ccc(C2CCCCC2)cc1. The van der Waals surface area contributed by atoms with Crippen LogP contribution in [0.5, 0.6) is 0 Å². The third-order valence-electron chi connectivity index (χ3n) is 7.85. The molecule has 0 saturated heterocycles. The van der Waals surface area contributed by atoms with Crippen LogP contribution in [0.2, 0.25) is 0 Å². The molecule has 35 heavy (non-hydrogen) atoms. The number of carbonyl (C=O) groups excluding carboxylic acids is 1. The number of nitrogens with one attached hydrogen (secondary N) is 2. The lowest BCUT2D eigenvalue weighted by atomic mass is 9.84. The Morgan fingerprint density at radius 3 is 2.17 bits per heavy atom. The Hall–Kier alpha value is -1.60. The smallest absolute Gasteiger partial charge is 0.223 e. The molecular formula is C28H47N3O3S. The Morgan fingerprint density at radius 1 is 0.971 bits per heavy atom. The van der Waals surface area contributed by atoms with Crippen molar-refractivity contribution in [1.82, 2.24) is 10.0 Å². The molecule has 2 N–H and O–H groups in total. The third kappa shape index (κ3) is 7.94. The van der Waals surface area contributed by atoms with Gasteiger partial charge in [-0.25, -0.2) is 13.1 Å². The van der Waals surface area contributed by atoms with Crippen LogP contribution in [0.1, 0.15) is 103 Å². The summed E-state index contributed by atoms with van der Waals surface area (Å²) < 4.78 is 26.8. The second-order valence-electron chi connectivity index (χ2n) is 11.4. The zero-order valence-electron chi connectivity index (χ0n) is 22.3. The standard InChI is InChI=1S/C28H47N3O3S/c1-5-31(26-18-14-23(15-19-26)22-10-7-6-8-11-22)21-9-20-29-27(32)24-12-16-25(17-13-24)30-35(33,34)28(2,3)4/h14-15,18-19,22,24-25,30H,5-13,16-17,20-21H2,1-4H3,(H,29,32). The van der Waals surface area contributed by atoms with Gasteiger partial charge < -0.3 is 10.2 Å². The van der Waals surface area contributed by atoms with E-state index < -0.39 is 14.8 Å². The highest BCUT2D eigenvalue weighted by Gasteiger charge is 2.34. The van der Waals surface area contributed by atoms with Gasteiger partial charge in [-0.1, -0.05) is 31.4 Å². The van der Waals surface area contributed by atoms with E-state index in [0.717, 1.165) is 38.3 Å². The first kappa shape index (κ1) is 28.0. The van der Waals surface area contributed by atoms with Crippen molar-refractivity contribution in [3.63, 3.8) is 0 Å². The van der Waals surface area contributed by atoms with Crippen molar-refractivity contribution in [3.05, 3.63) is 29.8 Å². The Kier molecular flexibility index (Phi) is 10.1. The van der Waals surface area contributed by atoms with E-state index in [0.29, 0.717) is 19.4 Å². The maximum absolute atomic E-state index is 12.7. The summed E-state index contributed by atoms with van der Waals surface area (Å²) in [7, 11) is -3.35. The van der Waals surface area contributed by atoms with E-state index in [4.69, 9.17) is 0 Å². The minimum Gasteiger partial charge on any atom is -0.372 e. The van der Waals surface area contributed by atoms with Gasteiger partial charge in [0.15, 0.2) is 0 Å². The largest absolute Gasteiger partial charge is 0.372 e. The molecule has 0 aromatic heterocycles. The van der Waals surface area contributed by atoms with Crippen LogP contribution in [0.15, 0.2) is 24.3 Å². The van der Waals surface area contributed by atoms with Gasteiger partial charge in [-0.3, -0.25) is 4.79 Å². The topological polar surface area (TPSA) is 78.5 Å². The van der Waals surface area contributed by atoms with E-state index in [-0.39, 0.29) is 17.9 Å². The van der Waals surface area contributed by atoms with Crippen molar-refractivity contribution >= 4 is 21.6 Å². The second-order valence-corrected chi connectivity index (χ2v) is 13.9. The number of amides is 1. The van der Waals surface area contributed by atoms with Crippen molar-refractivity contribution in [1.29, 1.82) is 0 Å². The van der Waals surface area contributed by atoms with Gasteiger partial charge in [-0.05, 0) is 96.3 Å². The minimum atomic E-state index is -3.35. The fourth-order valence-electron chi connectivity index (χ4n) is 5.36. The molecule has 198 valence electrons. The van der Waals surface area contributed by atoms with E-state index in [2.05, 4.69) is 46.1 Å². The average Bonchev–Trinajstić information content (AvgIpc) is 2.84. The number of hydrogen-bond acceptors (Lipinski definition) is 4. The normalized spacial score (nSPS) is 22.1. The zero-order chi connectivity index (χ0) is 25.5. The summed E-state index contributed by atoms with van der Waals surface area (Å²) in [4.78, 5) is 15.0. The highest BCUT2D eigenvalue weighted by atomic mass is 32.2. The molecule has 0 unspecified atom stereocenters. The highest BCUT2D eigenvalue weighted by molar-refractivity contribution is 7.90. The van der Waals surface area contributed by atoms with Crippen LogP contribution in [-0.2, 0) is 14.8 Å². The molecule has 2 saturated carbocycles. The molecule has 0 atom stereocenters. The molecule has 0 spiro atoms. The average molecular weight is 506 g/mol. The van der Waals surface area contributed by atoms with E-state index in [9.17, 15) is 13.2 Å². The number of hydrogen-bond donors (Lipinski definition) is 2. The van der Waals surface area contributed by atoms with E-state index in [1.807, 2.05) is 0 Å². The van der Waals surface area contributed by atoms with Crippen LogP contribution < -0.4 is 14.9 Å². The van der Waals surface area contributed by atoms with Crippen LogP contribution in [-0.4, -0.2) is 44.7 Å². The van der Waals surface area contributed by atoms with Crippen LogP contribution in [0.4, 0.5) is 5.69 Å². The lowest BCUT2D eigenvalue weighted by molar-refractivity contribution is -0.126. The number of sulfonamides is 1. The van der Waals surface area contributed by atoms with Crippen molar-refractivity contribution in [2.45, 2.75) is 109 Å². The fourth-order valence-corrected chi connectivity index (χ4v) is 6.39. The third-order valence-corrected chi connectivity index (χ3v) is 10.1. The number of carbonyl (C=O) groups is 1. The van der Waals surface area contributed by atoms with E-state index >= 15 is 0 Å². The lowest BCUT2D eigenvalue weighted by Crippen LogP contribution is -2.46. The molecule has 2 aliphatic carbocycles. The first-order valence-electron chi connectivity index (χ1n) is 13.7. The Morgan fingerprint density at radius 2 is 1.60 bits per heavy atom. The molecule has 1 aromatic carbocycles. The van der Waals surface area contributed by atoms with Crippen molar-refractivity contribution in [3.8, 4) is 0 Å². The molecule has 0 aliphatic heterocycles. The zero-order valence-corrected chi connectivity index (χ0v) is 23.1. The maximum Gasteiger partial charge on any atom is 0.223 e. The Balaban J connectivity index is 1.37. The van der Waals surface area contributed by atoms with Gasteiger partial charge >= 0.3 is 0 Å². The van der Waals surface area contributed by atoms with Crippen molar-refractivity contribution in [2.75, 3.05) is 24.5 Å². The van der Waals surface area contributed by atoms with Crippen LogP contribution in [0.3, 0.4) is 0 Å². The van der Waals surface area contributed by atoms with Crippen molar-refractivity contribution in [2.24, 2.45) is 5.92 Å². The molecule has 6 nitrogen and oxygen atoms in total. The molecule has 0 bridgehead atoms. The van der Waals surface area contributed by atoms with Gasteiger partial charge in [0.25, 0.3) is 0 Å². The molecule has 0 radical (unpaired) electrons. The van der Waals surface area contributed by atoms with Gasteiger partial charge in [0.05, 0.1) is 4.75 Å². The maximum atomic E-state index is 12.7. The predicted molar refractivity (Wildman–Crippen MR) is 145 cm³/mol. The lowest BCUT2D eigenvalue weighted by Gasteiger charge is -2.31. The van der Waals surface area contributed by atoms with Gasteiger partial charge in [-0.2, -0.15) is 0 Å². The number of rotatable bonds is 10. The van der Waals surface area contributed by atoms with E-state index in [1.165, 1.54) is 43.4 Å². The minimum absolute atomic E-state index is 0.0139. The quantitative estimate of drug-likeness (QED) is 0.421. The number of nitrogens with zero attached hydrogens (tertiary/aromatic N) is 1. The van der Waals surface area contributed by atoms with Gasteiger partial charge in [0, 0.05) is 37.3 Å². The summed E-state index contributed by atoms with van der Waals surface area (Å²) in [5, 5.41) is 3.12. The van der Waals surface area contributed by atoms with Gasteiger partial charge in [0.2, 0.25) is 15.9 Å².